The monoisotopic (exact) mass is 352 g/mol. The Balaban J connectivity index is 2.03. The van der Waals surface area contributed by atoms with Gasteiger partial charge in [0.15, 0.2) is 0 Å². The highest BCUT2D eigenvalue weighted by atomic mass is 32.1. The quantitative estimate of drug-likeness (QED) is 0.448. The van der Waals surface area contributed by atoms with Gasteiger partial charge in [0.25, 0.3) is 11.4 Å². The number of aromatic nitrogens is 1. The molecule has 1 aromatic heterocycles. The van der Waals surface area contributed by atoms with Crippen molar-refractivity contribution in [2.75, 3.05) is 0 Å². The number of nitrogens with zero attached hydrogens (tertiary/aromatic N) is 3. The van der Waals surface area contributed by atoms with E-state index in [1.165, 1.54) is 11.3 Å². The molecule has 126 valence electrons. The molecule has 0 radical (unpaired) electrons. The number of hydrogen-bond acceptors (Lipinski definition) is 9. The summed E-state index contributed by atoms with van der Waals surface area (Å²) >= 11 is 1.37. The topological polar surface area (TPSA) is 151 Å². The number of carbonyl (C=O) groups is 1. The fourth-order valence-electron chi connectivity index (χ4n) is 1.86. The van der Waals surface area contributed by atoms with Gasteiger partial charge in [-0.2, -0.15) is 0 Å². The first-order valence-corrected chi connectivity index (χ1v) is 7.53. The summed E-state index contributed by atoms with van der Waals surface area (Å²) in [6, 6.07) is 2.10. The zero-order chi connectivity index (χ0) is 17.7. The van der Waals surface area contributed by atoms with Gasteiger partial charge < -0.3 is 10.5 Å². The standard InChI is InChI=1S/C13H12N4O6S/c14-12(3-9-6-24-7-15-9)13(18)23-5-8-1-10(16(19)20)4-11(2-8)17(21)22/h1-2,4,6-7,12H,3,5,14H2/t12-/m0/s1. The maximum absolute atomic E-state index is 11.8. The van der Waals surface area contributed by atoms with Crippen molar-refractivity contribution in [2.24, 2.45) is 5.73 Å². The summed E-state index contributed by atoms with van der Waals surface area (Å²) in [5.74, 6) is -0.725. The Labute approximate surface area is 139 Å². The van der Waals surface area contributed by atoms with Crippen molar-refractivity contribution < 1.29 is 19.4 Å². The fourth-order valence-corrected chi connectivity index (χ4v) is 2.43. The van der Waals surface area contributed by atoms with Crippen LogP contribution in [-0.4, -0.2) is 26.8 Å². The number of benzene rings is 1. The van der Waals surface area contributed by atoms with Crippen LogP contribution in [0, 0.1) is 20.2 Å². The van der Waals surface area contributed by atoms with Gasteiger partial charge in [-0.05, 0) is 0 Å². The number of non-ortho nitro benzene ring substituents is 2. The van der Waals surface area contributed by atoms with E-state index in [4.69, 9.17) is 10.5 Å². The molecular weight excluding hydrogens is 340 g/mol. The zero-order valence-corrected chi connectivity index (χ0v) is 13.0. The van der Waals surface area contributed by atoms with E-state index in [0.717, 1.165) is 18.2 Å². The zero-order valence-electron chi connectivity index (χ0n) is 12.2. The second-order valence-electron chi connectivity index (χ2n) is 4.77. The Kier molecular flexibility index (Phi) is 5.50. The van der Waals surface area contributed by atoms with E-state index in [9.17, 15) is 25.0 Å². The van der Waals surface area contributed by atoms with E-state index < -0.39 is 33.2 Å². The molecule has 11 heteroatoms. The Morgan fingerprint density at radius 1 is 1.25 bits per heavy atom. The Bertz CT molecular complexity index is 732. The van der Waals surface area contributed by atoms with Gasteiger partial charge in [-0.3, -0.25) is 25.0 Å². The molecule has 1 heterocycles. The van der Waals surface area contributed by atoms with Gasteiger partial charge in [0.2, 0.25) is 0 Å². The summed E-state index contributed by atoms with van der Waals surface area (Å²) in [6.07, 6.45) is 0.192. The number of hydrogen-bond donors (Lipinski definition) is 1. The Hall–Kier alpha value is -2.92. The van der Waals surface area contributed by atoms with Gasteiger partial charge in [0.1, 0.15) is 12.6 Å². The molecule has 24 heavy (non-hydrogen) atoms. The molecule has 2 N–H and O–H groups in total. The number of ether oxygens (including phenoxy) is 1. The van der Waals surface area contributed by atoms with Crippen LogP contribution in [0.15, 0.2) is 29.1 Å². The van der Waals surface area contributed by atoms with Crippen molar-refractivity contribution in [1.29, 1.82) is 0 Å². The van der Waals surface area contributed by atoms with Crippen LogP contribution in [0.1, 0.15) is 11.3 Å². The van der Waals surface area contributed by atoms with Crippen molar-refractivity contribution in [1.82, 2.24) is 4.98 Å². The van der Waals surface area contributed by atoms with Crippen molar-refractivity contribution >= 4 is 28.7 Å². The van der Waals surface area contributed by atoms with E-state index >= 15 is 0 Å². The molecular formula is C13H12N4O6S. The third-order valence-corrected chi connectivity index (χ3v) is 3.62. The minimum absolute atomic E-state index is 0.130. The number of rotatable bonds is 7. The minimum atomic E-state index is -0.944. The summed E-state index contributed by atoms with van der Waals surface area (Å²) in [6.45, 7) is -0.355. The molecule has 0 aliphatic carbocycles. The van der Waals surface area contributed by atoms with Crippen LogP contribution in [0.4, 0.5) is 11.4 Å². The average Bonchev–Trinajstić information content (AvgIpc) is 3.05. The van der Waals surface area contributed by atoms with Crippen LogP contribution in [0.5, 0.6) is 0 Å². The molecule has 0 aliphatic rings. The van der Waals surface area contributed by atoms with Crippen molar-refractivity contribution in [2.45, 2.75) is 19.1 Å². The number of nitro groups is 2. The number of nitrogens with two attached hydrogens (primary N) is 1. The van der Waals surface area contributed by atoms with Crippen molar-refractivity contribution in [3.05, 3.63) is 60.6 Å². The lowest BCUT2D eigenvalue weighted by Crippen LogP contribution is -2.34. The SMILES string of the molecule is N[C@@H](Cc1cscn1)C(=O)OCc1cc([N+](=O)[O-])cc([N+](=O)[O-])c1. The molecule has 1 aromatic carbocycles. The molecule has 0 aliphatic heterocycles. The highest BCUT2D eigenvalue weighted by molar-refractivity contribution is 7.07. The maximum atomic E-state index is 11.8. The smallest absolute Gasteiger partial charge is 0.323 e. The fraction of sp³-hybridized carbons (Fsp3) is 0.231. The van der Waals surface area contributed by atoms with Crippen LogP contribution < -0.4 is 5.73 Å². The molecule has 0 amide bonds. The molecule has 2 rings (SSSR count). The van der Waals surface area contributed by atoms with Gasteiger partial charge in [-0.25, -0.2) is 4.98 Å². The van der Waals surface area contributed by atoms with Gasteiger partial charge in [-0.15, -0.1) is 11.3 Å². The number of thiazole rings is 1. The predicted octanol–water partition coefficient (Wildman–Crippen LogP) is 1.57. The second kappa shape index (κ2) is 7.57. The van der Waals surface area contributed by atoms with E-state index in [1.807, 2.05) is 0 Å². The highest BCUT2D eigenvalue weighted by Gasteiger charge is 2.20. The predicted molar refractivity (Wildman–Crippen MR) is 83.3 cm³/mol. The van der Waals surface area contributed by atoms with E-state index in [-0.39, 0.29) is 18.6 Å². The van der Waals surface area contributed by atoms with Crippen LogP contribution in [0.3, 0.4) is 0 Å². The van der Waals surface area contributed by atoms with Gasteiger partial charge in [-0.1, -0.05) is 0 Å². The summed E-state index contributed by atoms with van der Waals surface area (Å²) < 4.78 is 4.97. The number of carbonyl (C=O) groups excluding carboxylic acids is 1. The molecule has 0 saturated heterocycles. The number of esters is 1. The van der Waals surface area contributed by atoms with Crippen LogP contribution in [-0.2, 0) is 22.6 Å². The Morgan fingerprint density at radius 2 is 1.88 bits per heavy atom. The van der Waals surface area contributed by atoms with Crippen LogP contribution in [0.2, 0.25) is 0 Å². The molecule has 0 unspecified atom stereocenters. The summed E-state index contributed by atoms with van der Waals surface area (Å²) in [5.41, 5.74) is 7.17. The minimum Gasteiger partial charge on any atom is -0.460 e. The molecule has 0 fully saturated rings. The molecule has 2 aromatic rings. The van der Waals surface area contributed by atoms with Gasteiger partial charge >= 0.3 is 5.97 Å². The molecule has 10 nitrogen and oxygen atoms in total. The average molecular weight is 352 g/mol. The van der Waals surface area contributed by atoms with E-state index in [1.54, 1.807) is 10.9 Å². The Morgan fingerprint density at radius 3 is 2.38 bits per heavy atom. The normalized spacial score (nSPS) is 11.7. The lowest BCUT2D eigenvalue weighted by molar-refractivity contribution is -0.394. The van der Waals surface area contributed by atoms with Crippen molar-refractivity contribution in [3.63, 3.8) is 0 Å². The second-order valence-corrected chi connectivity index (χ2v) is 5.49. The first-order chi connectivity index (χ1) is 11.4. The summed E-state index contributed by atoms with van der Waals surface area (Å²) in [7, 11) is 0. The summed E-state index contributed by atoms with van der Waals surface area (Å²) in [4.78, 5) is 35.9. The third-order valence-electron chi connectivity index (χ3n) is 2.98. The molecule has 1 atom stereocenters. The third kappa shape index (κ3) is 4.54. The lowest BCUT2D eigenvalue weighted by atomic mass is 10.1. The first kappa shape index (κ1) is 17.4. The van der Waals surface area contributed by atoms with Gasteiger partial charge in [0.05, 0.1) is 27.1 Å². The first-order valence-electron chi connectivity index (χ1n) is 6.59. The van der Waals surface area contributed by atoms with Gasteiger partial charge in [0, 0.05) is 29.5 Å². The molecule has 0 bridgehead atoms. The van der Waals surface area contributed by atoms with E-state index in [0.29, 0.717) is 5.69 Å². The van der Waals surface area contributed by atoms with Crippen LogP contribution >= 0.6 is 11.3 Å². The highest BCUT2D eigenvalue weighted by Crippen LogP contribution is 2.23. The molecule has 0 saturated carbocycles. The largest absolute Gasteiger partial charge is 0.460 e. The lowest BCUT2D eigenvalue weighted by Gasteiger charge is -2.10. The number of nitro benzene ring substituents is 2. The van der Waals surface area contributed by atoms with E-state index in [2.05, 4.69) is 4.98 Å². The summed E-state index contributed by atoms with van der Waals surface area (Å²) in [5, 5.41) is 23.3. The van der Waals surface area contributed by atoms with Crippen LogP contribution in [0.25, 0.3) is 0 Å². The van der Waals surface area contributed by atoms with Crippen molar-refractivity contribution in [3.8, 4) is 0 Å². The maximum Gasteiger partial charge on any atom is 0.323 e. The molecule has 0 spiro atoms.